The summed E-state index contributed by atoms with van der Waals surface area (Å²) < 4.78 is 0. The maximum Gasteiger partial charge on any atom is 0.0763 e. The molecule has 0 unspecified atom stereocenters. The van der Waals surface area contributed by atoms with Gasteiger partial charge in [0.15, 0.2) is 0 Å². The molecular weight excluding hydrogens is 176 g/mol. The van der Waals surface area contributed by atoms with Crippen LogP contribution in [0.3, 0.4) is 0 Å². The number of hydrogen-bond donors (Lipinski definition) is 3. The number of benzene rings is 1. The van der Waals surface area contributed by atoms with E-state index < -0.39 is 5.60 Å². The van der Waals surface area contributed by atoms with Gasteiger partial charge in [-0.15, -0.1) is 0 Å². The second-order valence-electron chi connectivity index (χ2n) is 4.24. The van der Waals surface area contributed by atoms with E-state index in [1.54, 1.807) is 13.8 Å². The quantitative estimate of drug-likeness (QED) is 0.643. The monoisotopic (exact) mass is 194 g/mol. The first kappa shape index (κ1) is 10.9. The van der Waals surface area contributed by atoms with Gasteiger partial charge in [-0.2, -0.15) is 0 Å². The van der Waals surface area contributed by atoms with Crippen LogP contribution in [0.2, 0.25) is 0 Å². The Kier molecular flexibility index (Phi) is 3.01. The van der Waals surface area contributed by atoms with Gasteiger partial charge in [-0.25, -0.2) is 0 Å². The van der Waals surface area contributed by atoms with Crippen LogP contribution in [0, 0.1) is 6.92 Å². The molecule has 1 rings (SSSR count). The fourth-order valence-corrected chi connectivity index (χ4v) is 1.10. The number of aliphatic hydroxyl groups is 1. The molecule has 3 nitrogen and oxygen atoms in total. The zero-order valence-corrected chi connectivity index (χ0v) is 8.96. The zero-order valence-electron chi connectivity index (χ0n) is 8.96. The van der Waals surface area contributed by atoms with E-state index in [2.05, 4.69) is 5.32 Å². The van der Waals surface area contributed by atoms with Crippen LogP contribution in [-0.2, 0) is 0 Å². The van der Waals surface area contributed by atoms with Crippen molar-refractivity contribution in [1.82, 2.24) is 0 Å². The van der Waals surface area contributed by atoms with Crippen molar-refractivity contribution < 1.29 is 5.11 Å². The lowest BCUT2D eigenvalue weighted by atomic mass is 10.1. The molecule has 4 N–H and O–H groups in total. The number of nitrogen functional groups attached to an aromatic ring is 1. The van der Waals surface area contributed by atoms with Gasteiger partial charge in [-0.1, -0.05) is 0 Å². The smallest absolute Gasteiger partial charge is 0.0763 e. The SMILES string of the molecule is Cc1cc(NCC(C)(C)O)ccc1N. The highest BCUT2D eigenvalue weighted by atomic mass is 16.3. The van der Waals surface area contributed by atoms with Crippen LogP contribution in [0.4, 0.5) is 11.4 Å². The van der Waals surface area contributed by atoms with Gasteiger partial charge in [-0.3, -0.25) is 0 Å². The fraction of sp³-hybridized carbons (Fsp3) is 0.455. The Labute approximate surface area is 84.9 Å². The molecule has 0 amide bonds. The molecule has 0 radical (unpaired) electrons. The minimum absolute atomic E-state index is 0.524. The van der Waals surface area contributed by atoms with Gasteiger partial charge in [0.25, 0.3) is 0 Å². The second kappa shape index (κ2) is 3.88. The number of nitrogens with two attached hydrogens (primary N) is 1. The van der Waals surface area contributed by atoms with E-state index in [1.807, 2.05) is 25.1 Å². The molecule has 0 atom stereocenters. The number of hydrogen-bond acceptors (Lipinski definition) is 3. The van der Waals surface area contributed by atoms with Crippen molar-refractivity contribution in [1.29, 1.82) is 0 Å². The van der Waals surface area contributed by atoms with Crippen molar-refractivity contribution in [2.75, 3.05) is 17.6 Å². The minimum Gasteiger partial charge on any atom is -0.399 e. The third kappa shape index (κ3) is 3.26. The fourth-order valence-electron chi connectivity index (χ4n) is 1.10. The molecule has 0 bridgehead atoms. The van der Waals surface area contributed by atoms with Crippen LogP contribution in [-0.4, -0.2) is 17.3 Å². The van der Waals surface area contributed by atoms with Crippen LogP contribution >= 0.6 is 0 Å². The second-order valence-corrected chi connectivity index (χ2v) is 4.24. The lowest BCUT2D eigenvalue weighted by Crippen LogP contribution is -2.29. The molecule has 0 fully saturated rings. The van der Waals surface area contributed by atoms with Crippen LogP contribution in [0.15, 0.2) is 18.2 Å². The van der Waals surface area contributed by atoms with Crippen molar-refractivity contribution in [3.63, 3.8) is 0 Å². The highest BCUT2D eigenvalue weighted by molar-refractivity contribution is 5.56. The maximum atomic E-state index is 9.52. The van der Waals surface area contributed by atoms with Crippen LogP contribution in [0.1, 0.15) is 19.4 Å². The Hall–Kier alpha value is -1.22. The highest BCUT2D eigenvalue weighted by Gasteiger charge is 2.11. The van der Waals surface area contributed by atoms with Gasteiger partial charge in [0.1, 0.15) is 0 Å². The van der Waals surface area contributed by atoms with Gasteiger partial charge in [-0.05, 0) is 44.5 Å². The molecule has 0 aliphatic heterocycles. The normalized spacial score (nSPS) is 11.4. The molecule has 1 aromatic rings. The number of nitrogens with one attached hydrogen (secondary N) is 1. The van der Waals surface area contributed by atoms with Gasteiger partial charge in [0, 0.05) is 17.9 Å². The summed E-state index contributed by atoms with van der Waals surface area (Å²) in [6, 6.07) is 5.75. The van der Waals surface area contributed by atoms with E-state index >= 15 is 0 Å². The van der Waals surface area contributed by atoms with E-state index in [1.165, 1.54) is 0 Å². The van der Waals surface area contributed by atoms with Crippen molar-refractivity contribution >= 4 is 11.4 Å². The van der Waals surface area contributed by atoms with Crippen molar-refractivity contribution in [3.05, 3.63) is 23.8 Å². The van der Waals surface area contributed by atoms with E-state index in [4.69, 9.17) is 5.73 Å². The lowest BCUT2D eigenvalue weighted by molar-refractivity contribution is 0.0945. The Balaban J connectivity index is 2.65. The Morgan fingerprint density at radius 3 is 2.57 bits per heavy atom. The predicted octanol–water partition coefficient (Wildman–Crippen LogP) is 1.76. The average molecular weight is 194 g/mol. The molecule has 0 heterocycles. The maximum absolute atomic E-state index is 9.52. The Morgan fingerprint density at radius 1 is 1.43 bits per heavy atom. The van der Waals surface area contributed by atoms with Gasteiger partial charge in [0.2, 0.25) is 0 Å². The van der Waals surface area contributed by atoms with Gasteiger partial charge < -0.3 is 16.2 Å². The molecule has 78 valence electrons. The Bertz CT molecular complexity index is 316. The lowest BCUT2D eigenvalue weighted by Gasteiger charge is -2.18. The summed E-state index contributed by atoms with van der Waals surface area (Å²) in [5.74, 6) is 0. The molecule has 0 aliphatic carbocycles. The van der Waals surface area contributed by atoms with Crippen molar-refractivity contribution in [3.8, 4) is 0 Å². The predicted molar refractivity (Wildman–Crippen MR) is 60.4 cm³/mol. The minimum atomic E-state index is -0.699. The molecule has 0 aromatic heterocycles. The molecule has 0 spiro atoms. The first-order chi connectivity index (χ1) is 6.38. The third-order valence-corrected chi connectivity index (χ3v) is 1.99. The summed E-state index contributed by atoms with van der Waals surface area (Å²) in [4.78, 5) is 0. The number of aryl methyl sites for hydroxylation is 1. The Morgan fingerprint density at radius 2 is 2.07 bits per heavy atom. The average Bonchev–Trinajstić information content (AvgIpc) is 2.06. The van der Waals surface area contributed by atoms with E-state index in [0.29, 0.717) is 6.54 Å². The van der Waals surface area contributed by atoms with Gasteiger partial charge in [0.05, 0.1) is 5.60 Å². The molecule has 0 aliphatic rings. The summed E-state index contributed by atoms with van der Waals surface area (Å²) in [6.45, 7) is 6.02. The van der Waals surface area contributed by atoms with Crippen LogP contribution in [0.25, 0.3) is 0 Å². The van der Waals surface area contributed by atoms with Gasteiger partial charge >= 0.3 is 0 Å². The highest BCUT2D eigenvalue weighted by Crippen LogP contribution is 2.17. The standard InChI is InChI=1S/C11H18N2O/c1-8-6-9(4-5-10(8)12)13-7-11(2,3)14/h4-6,13-14H,7,12H2,1-3H3. The summed E-state index contributed by atoms with van der Waals surface area (Å²) in [5, 5.41) is 12.7. The molecular formula is C11H18N2O. The summed E-state index contributed by atoms with van der Waals surface area (Å²) in [5.41, 5.74) is 7.82. The molecule has 1 aromatic carbocycles. The summed E-state index contributed by atoms with van der Waals surface area (Å²) in [6.07, 6.45) is 0. The number of rotatable bonds is 3. The largest absolute Gasteiger partial charge is 0.399 e. The molecule has 0 saturated carbocycles. The summed E-state index contributed by atoms with van der Waals surface area (Å²) in [7, 11) is 0. The van der Waals surface area contributed by atoms with Crippen molar-refractivity contribution in [2.45, 2.75) is 26.4 Å². The first-order valence-electron chi connectivity index (χ1n) is 4.71. The zero-order chi connectivity index (χ0) is 10.8. The molecule has 3 heteroatoms. The van der Waals surface area contributed by atoms with Crippen LogP contribution in [0.5, 0.6) is 0 Å². The first-order valence-corrected chi connectivity index (χ1v) is 4.71. The third-order valence-electron chi connectivity index (χ3n) is 1.99. The summed E-state index contributed by atoms with van der Waals surface area (Å²) >= 11 is 0. The van der Waals surface area contributed by atoms with E-state index in [9.17, 15) is 5.11 Å². The topological polar surface area (TPSA) is 58.3 Å². The molecule has 14 heavy (non-hydrogen) atoms. The van der Waals surface area contributed by atoms with E-state index in [0.717, 1.165) is 16.9 Å². The van der Waals surface area contributed by atoms with E-state index in [-0.39, 0.29) is 0 Å². The molecule has 0 saturated heterocycles. The van der Waals surface area contributed by atoms with Crippen LogP contribution < -0.4 is 11.1 Å². The number of anilines is 2. The van der Waals surface area contributed by atoms with Crippen molar-refractivity contribution in [2.24, 2.45) is 0 Å².